The van der Waals surface area contributed by atoms with Crippen LogP contribution in [0.1, 0.15) is 54.3 Å². The molecule has 0 aromatic rings. The van der Waals surface area contributed by atoms with E-state index in [1.54, 1.807) is 0 Å². The van der Waals surface area contributed by atoms with Crippen molar-refractivity contribution in [2.24, 2.45) is 5.92 Å². The molecule has 0 aromatic carbocycles. The first-order valence-electron chi connectivity index (χ1n) is 8.70. The largest absolute Gasteiger partial charge is 0.379 e. The van der Waals surface area contributed by atoms with Crippen molar-refractivity contribution in [3.8, 4) is 0 Å². The van der Waals surface area contributed by atoms with Gasteiger partial charge in [-0.1, -0.05) is 33.6 Å². The van der Waals surface area contributed by atoms with E-state index in [1.165, 1.54) is 6.42 Å². The topological polar surface area (TPSA) is 56.8 Å². The summed E-state index contributed by atoms with van der Waals surface area (Å²) in [6, 6.07) is 0. The minimum Gasteiger partial charge on any atom is -0.379 e. The van der Waals surface area contributed by atoms with E-state index >= 15 is 0 Å². The summed E-state index contributed by atoms with van der Waals surface area (Å²) in [7, 11) is 0. The average molecular weight is 319 g/mol. The van der Waals surface area contributed by atoms with Gasteiger partial charge in [-0.2, -0.15) is 0 Å². The molecule has 0 rings (SSSR count). The van der Waals surface area contributed by atoms with Crippen LogP contribution in [0.25, 0.3) is 0 Å². The second-order valence-electron chi connectivity index (χ2n) is 5.64. The molecule has 5 nitrogen and oxygen atoms in total. The van der Waals surface area contributed by atoms with Crippen molar-refractivity contribution in [1.82, 2.24) is 5.32 Å². The zero-order valence-corrected chi connectivity index (χ0v) is 14.7. The number of nitrogens with one attached hydrogen (secondary N) is 1. The highest BCUT2D eigenvalue weighted by atomic mass is 16.5. The van der Waals surface area contributed by atoms with Gasteiger partial charge in [0.1, 0.15) is 6.61 Å². The molecule has 0 aliphatic heterocycles. The first-order valence-corrected chi connectivity index (χ1v) is 8.70. The molecule has 0 heterocycles. The summed E-state index contributed by atoms with van der Waals surface area (Å²) < 4.78 is 16.0. The van der Waals surface area contributed by atoms with Gasteiger partial charge in [-0.05, 0) is 25.2 Å². The number of hydrogen-bond acceptors (Lipinski definition) is 4. The quantitative estimate of drug-likeness (QED) is 0.444. The lowest BCUT2D eigenvalue weighted by Gasteiger charge is -2.09. The Morgan fingerprint density at radius 2 is 1.64 bits per heavy atom. The number of rotatable bonds is 16. The van der Waals surface area contributed by atoms with Crippen LogP contribution >= 0.6 is 0 Å². The first kappa shape index (κ1) is 21.4. The van der Waals surface area contributed by atoms with Crippen LogP contribution in [0.5, 0.6) is 0 Å². The Morgan fingerprint density at radius 1 is 1.00 bits per heavy atom. The van der Waals surface area contributed by atoms with Crippen molar-refractivity contribution in [3.05, 3.63) is 0 Å². The number of amides is 1. The van der Waals surface area contributed by atoms with Gasteiger partial charge in [-0.15, -0.1) is 0 Å². The van der Waals surface area contributed by atoms with Crippen LogP contribution in [-0.4, -0.2) is 52.1 Å². The Hall–Kier alpha value is -0.650. The molecule has 0 bridgehead atoms. The van der Waals surface area contributed by atoms with Crippen LogP contribution in [0.4, 0.5) is 0 Å². The molecule has 0 aromatic heterocycles. The van der Waals surface area contributed by atoms with Crippen molar-refractivity contribution in [1.29, 1.82) is 0 Å². The zero-order chi connectivity index (χ0) is 16.5. The van der Waals surface area contributed by atoms with Gasteiger partial charge in [0.15, 0.2) is 0 Å². The van der Waals surface area contributed by atoms with Crippen LogP contribution < -0.4 is 5.32 Å². The molecule has 22 heavy (non-hydrogen) atoms. The van der Waals surface area contributed by atoms with E-state index < -0.39 is 0 Å². The normalized spacial score (nSPS) is 12.3. The van der Waals surface area contributed by atoms with Crippen molar-refractivity contribution >= 4 is 5.91 Å². The second kappa shape index (κ2) is 16.7. The predicted molar refractivity (Wildman–Crippen MR) is 91.2 cm³/mol. The number of hydrogen-bond donors (Lipinski definition) is 1. The molecule has 0 aliphatic rings. The minimum atomic E-state index is -0.0490. The predicted octanol–water partition coefficient (Wildman–Crippen LogP) is 3.02. The van der Waals surface area contributed by atoms with Crippen LogP contribution in [0, 0.1) is 5.92 Å². The molecular formula is C17H37NO4. The fraction of sp³-hybridized carbons (Fsp3) is 0.941. The lowest BCUT2D eigenvalue weighted by atomic mass is 10.0. The summed E-state index contributed by atoms with van der Waals surface area (Å²) in [5, 5.41) is 2.87. The maximum absolute atomic E-state index is 11.5. The monoisotopic (exact) mass is 319 g/mol. The highest BCUT2D eigenvalue weighted by molar-refractivity contribution is 5.77. The third kappa shape index (κ3) is 15.7. The smallest absolute Gasteiger partial charge is 0.245 e. The minimum absolute atomic E-state index is 0. The SMILES string of the molecule is CCCCOCCOCCOCC(=O)NCCCC(C)CC.[HH]. The highest BCUT2D eigenvalue weighted by Gasteiger charge is 2.02. The van der Waals surface area contributed by atoms with Crippen molar-refractivity contribution in [2.75, 3.05) is 46.2 Å². The van der Waals surface area contributed by atoms with Crippen LogP contribution in [0.2, 0.25) is 0 Å². The lowest BCUT2D eigenvalue weighted by Crippen LogP contribution is -2.29. The molecule has 134 valence electrons. The molecule has 0 spiro atoms. The van der Waals surface area contributed by atoms with E-state index in [2.05, 4.69) is 26.1 Å². The summed E-state index contributed by atoms with van der Waals surface area (Å²) >= 11 is 0. The van der Waals surface area contributed by atoms with E-state index in [9.17, 15) is 4.79 Å². The van der Waals surface area contributed by atoms with E-state index in [0.717, 1.165) is 44.8 Å². The molecule has 1 unspecified atom stereocenters. The third-order valence-corrected chi connectivity index (χ3v) is 3.51. The van der Waals surface area contributed by atoms with Gasteiger partial charge in [0.2, 0.25) is 5.91 Å². The van der Waals surface area contributed by atoms with E-state index in [0.29, 0.717) is 26.4 Å². The van der Waals surface area contributed by atoms with E-state index in [1.807, 2.05) is 0 Å². The van der Waals surface area contributed by atoms with E-state index in [4.69, 9.17) is 14.2 Å². The van der Waals surface area contributed by atoms with Crippen molar-refractivity contribution in [2.45, 2.75) is 52.9 Å². The van der Waals surface area contributed by atoms with Gasteiger partial charge < -0.3 is 19.5 Å². The van der Waals surface area contributed by atoms with Gasteiger partial charge >= 0.3 is 0 Å². The number of carbonyl (C=O) groups is 1. The summed E-state index contributed by atoms with van der Waals surface area (Å²) in [6.07, 6.45) is 5.62. The van der Waals surface area contributed by atoms with Gasteiger partial charge in [0.05, 0.1) is 26.4 Å². The number of unbranched alkanes of at least 4 members (excludes halogenated alkanes) is 1. The van der Waals surface area contributed by atoms with Gasteiger partial charge in [0.25, 0.3) is 0 Å². The van der Waals surface area contributed by atoms with Crippen LogP contribution in [-0.2, 0) is 19.0 Å². The summed E-state index contributed by atoms with van der Waals surface area (Å²) in [5.74, 6) is 0.684. The molecule has 0 aliphatic carbocycles. The molecule has 1 N–H and O–H groups in total. The molecule has 0 fully saturated rings. The molecule has 0 saturated heterocycles. The van der Waals surface area contributed by atoms with Crippen LogP contribution in [0.3, 0.4) is 0 Å². The standard InChI is InChI=1S/C17H35NO4.H2/c1-4-6-10-20-11-12-21-13-14-22-15-17(19)18-9-7-8-16(3)5-2;/h16H,4-15H2,1-3H3,(H,18,19);1H. The summed E-state index contributed by atoms with van der Waals surface area (Å²) in [6.45, 7) is 10.3. The first-order chi connectivity index (χ1) is 10.7. The fourth-order valence-electron chi connectivity index (χ4n) is 1.78. The Kier molecular flexibility index (Phi) is 16.2. The second-order valence-corrected chi connectivity index (χ2v) is 5.64. The van der Waals surface area contributed by atoms with Gasteiger partial charge in [0, 0.05) is 14.6 Å². The summed E-state index contributed by atoms with van der Waals surface area (Å²) in [5.41, 5.74) is 0. The average Bonchev–Trinajstić information content (AvgIpc) is 2.53. The third-order valence-electron chi connectivity index (χ3n) is 3.51. The van der Waals surface area contributed by atoms with Gasteiger partial charge in [-0.25, -0.2) is 0 Å². The molecule has 0 saturated carbocycles. The Balaban J connectivity index is 0. The van der Waals surface area contributed by atoms with Gasteiger partial charge in [-0.3, -0.25) is 4.79 Å². The maximum Gasteiger partial charge on any atom is 0.245 e. The Bertz CT molecular complexity index is 255. The number of ether oxygens (including phenoxy) is 3. The maximum atomic E-state index is 11.5. The zero-order valence-electron chi connectivity index (χ0n) is 14.7. The Labute approximate surface area is 137 Å². The Morgan fingerprint density at radius 3 is 2.27 bits per heavy atom. The molecule has 5 heteroatoms. The van der Waals surface area contributed by atoms with Crippen molar-refractivity contribution in [3.63, 3.8) is 0 Å². The highest BCUT2D eigenvalue weighted by Crippen LogP contribution is 2.07. The molecular weight excluding hydrogens is 282 g/mol. The number of carbonyl (C=O) groups excluding carboxylic acids is 1. The summed E-state index contributed by atoms with van der Waals surface area (Å²) in [4.78, 5) is 11.5. The molecule has 1 amide bonds. The van der Waals surface area contributed by atoms with Crippen LogP contribution in [0.15, 0.2) is 0 Å². The molecule has 0 radical (unpaired) electrons. The molecule has 1 atom stereocenters. The fourth-order valence-corrected chi connectivity index (χ4v) is 1.78. The lowest BCUT2D eigenvalue weighted by molar-refractivity contribution is -0.126. The van der Waals surface area contributed by atoms with E-state index in [-0.39, 0.29) is 13.9 Å². The van der Waals surface area contributed by atoms with Crippen molar-refractivity contribution < 1.29 is 20.4 Å².